The summed E-state index contributed by atoms with van der Waals surface area (Å²) in [6.07, 6.45) is 2.10. The molecular weight excluding hydrogens is 202 g/mol. The van der Waals surface area contributed by atoms with Gasteiger partial charge in [-0.1, -0.05) is 6.92 Å². The van der Waals surface area contributed by atoms with Crippen LogP contribution in [0, 0.1) is 5.92 Å². The van der Waals surface area contributed by atoms with Crippen LogP contribution >= 0.6 is 0 Å². The predicted molar refractivity (Wildman–Crippen MR) is 57.7 cm³/mol. The lowest BCUT2D eigenvalue weighted by Gasteiger charge is -2.39. The van der Waals surface area contributed by atoms with E-state index in [4.69, 9.17) is 0 Å². The SMILES string of the molecule is C=C(CN1CCCC(C)C1C)[B-](F)(F)F. The molecule has 1 saturated heterocycles. The molecule has 0 spiro atoms. The maximum atomic E-state index is 12.4. The van der Waals surface area contributed by atoms with Crippen molar-refractivity contribution >= 4 is 6.98 Å². The number of hydrogen-bond donors (Lipinski definition) is 0. The summed E-state index contributed by atoms with van der Waals surface area (Å²) in [5.74, 6) is 0.479. The zero-order chi connectivity index (χ0) is 11.6. The second-order valence-corrected chi connectivity index (χ2v) is 4.56. The molecule has 0 bridgehead atoms. The zero-order valence-corrected chi connectivity index (χ0v) is 9.35. The van der Waals surface area contributed by atoms with Crippen molar-refractivity contribution < 1.29 is 12.9 Å². The van der Waals surface area contributed by atoms with Crippen LogP contribution in [0.3, 0.4) is 0 Å². The fourth-order valence-electron chi connectivity index (χ4n) is 2.01. The van der Waals surface area contributed by atoms with Crippen molar-refractivity contribution in [1.82, 2.24) is 4.90 Å². The summed E-state index contributed by atoms with van der Waals surface area (Å²) in [6.45, 7) is 3.11. The van der Waals surface area contributed by atoms with E-state index in [9.17, 15) is 12.9 Å². The minimum atomic E-state index is -4.87. The van der Waals surface area contributed by atoms with E-state index in [0.29, 0.717) is 5.92 Å². The van der Waals surface area contributed by atoms with E-state index < -0.39 is 12.4 Å². The number of likely N-dealkylation sites (tertiary alicyclic amines) is 1. The monoisotopic (exact) mass is 220 g/mol. The van der Waals surface area contributed by atoms with Crippen molar-refractivity contribution in [3.63, 3.8) is 0 Å². The molecule has 0 saturated carbocycles. The second-order valence-electron chi connectivity index (χ2n) is 4.56. The van der Waals surface area contributed by atoms with Gasteiger partial charge in [-0.2, -0.15) is 0 Å². The third kappa shape index (κ3) is 3.26. The van der Waals surface area contributed by atoms with Crippen molar-refractivity contribution in [2.75, 3.05) is 13.1 Å². The van der Waals surface area contributed by atoms with Crippen molar-refractivity contribution in [3.05, 3.63) is 12.1 Å². The third-order valence-corrected chi connectivity index (χ3v) is 3.37. The first-order valence-corrected chi connectivity index (χ1v) is 5.44. The molecule has 0 aliphatic carbocycles. The molecule has 1 aliphatic heterocycles. The summed E-state index contributed by atoms with van der Waals surface area (Å²) in [6, 6.07) is 0.230. The fourth-order valence-corrected chi connectivity index (χ4v) is 2.01. The molecule has 0 radical (unpaired) electrons. The van der Waals surface area contributed by atoms with Gasteiger partial charge in [0.25, 0.3) is 0 Å². The van der Waals surface area contributed by atoms with Crippen LogP contribution in [0.2, 0.25) is 0 Å². The van der Waals surface area contributed by atoms with Gasteiger partial charge in [0.15, 0.2) is 0 Å². The first kappa shape index (κ1) is 12.6. The normalized spacial score (nSPS) is 29.1. The number of hydrogen-bond acceptors (Lipinski definition) is 1. The molecule has 0 aromatic carbocycles. The highest BCUT2D eigenvalue weighted by atomic mass is 19.4. The Morgan fingerprint density at radius 2 is 2.00 bits per heavy atom. The van der Waals surface area contributed by atoms with Crippen LogP contribution in [-0.4, -0.2) is 31.0 Å². The van der Waals surface area contributed by atoms with E-state index in [-0.39, 0.29) is 12.6 Å². The van der Waals surface area contributed by atoms with Gasteiger partial charge < -0.3 is 12.9 Å². The zero-order valence-electron chi connectivity index (χ0n) is 9.35. The molecular formula is C10H18BF3N-. The van der Waals surface area contributed by atoms with E-state index in [1.54, 1.807) is 0 Å². The first-order chi connectivity index (χ1) is 6.82. The van der Waals surface area contributed by atoms with Crippen LogP contribution in [0.4, 0.5) is 12.9 Å². The van der Waals surface area contributed by atoms with Gasteiger partial charge in [0.05, 0.1) is 0 Å². The Balaban J connectivity index is 2.54. The molecule has 1 aliphatic rings. The highest BCUT2D eigenvalue weighted by Gasteiger charge is 2.31. The molecule has 1 rings (SSSR count). The van der Waals surface area contributed by atoms with Crippen molar-refractivity contribution in [1.29, 1.82) is 0 Å². The number of nitrogens with zero attached hydrogens (tertiary/aromatic N) is 1. The van der Waals surface area contributed by atoms with Crippen molar-refractivity contribution in [2.24, 2.45) is 5.92 Å². The largest absolute Gasteiger partial charge is 0.506 e. The van der Waals surface area contributed by atoms with Gasteiger partial charge in [-0.05, 0) is 38.8 Å². The molecule has 5 heteroatoms. The molecule has 2 unspecified atom stereocenters. The van der Waals surface area contributed by atoms with Gasteiger partial charge >= 0.3 is 6.98 Å². The second kappa shape index (κ2) is 4.60. The topological polar surface area (TPSA) is 3.24 Å². The Morgan fingerprint density at radius 1 is 1.40 bits per heavy atom. The van der Waals surface area contributed by atoms with Gasteiger partial charge in [-0.15, -0.1) is 12.1 Å². The summed E-state index contributed by atoms with van der Waals surface area (Å²) in [5, 5.41) is 0. The Kier molecular flexibility index (Phi) is 3.87. The van der Waals surface area contributed by atoms with E-state index in [1.807, 2.05) is 11.8 Å². The summed E-state index contributed by atoms with van der Waals surface area (Å²) >= 11 is 0. The minimum absolute atomic E-state index is 0.0188. The average Bonchev–Trinajstić information content (AvgIpc) is 2.11. The van der Waals surface area contributed by atoms with Crippen molar-refractivity contribution in [2.45, 2.75) is 32.7 Å². The third-order valence-electron chi connectivity index (χ3n) is 3.37. The average molecular weight is 220 g/mol. The fraction of sp³-hybridized carbons (Fsp3) is 0.800. The Hall–Kier alpha value is -0.445. The quantitative estimate of drug-likeness (QED) is 0.660. The number of rotatable bonds is 3. The molecule has 2 atom stereocenters. The molecule has 1 heterocycles. The Morgan fingerprint density at radius 3 is 2.53 bits per heavy atom. The van der Waals surface area contributed by atoms with Crippen LogP contribution < -0.4 is 0 Å². The molecule has 88 valence electrons. The van der Waals surface area contributed by atoms with Gasteiger partial charge in [0.2, 0.25) is 0 Å². The maximum absolute atomic E-state index is 12.4. The Bertz CT molecular complexity index is 239. The molecule has 15 heavy (non-hydrogen) atoms. The van der Waals surface area contributed by atoms with Gasteiger partial charge in [-0.25, -0.2) is 0 Å². The van der Waals surface area contributed by atoms with Gasteiger partial charge in [0, 0.05) is 6.04 Å². The smallest absolute Gasteiger partial charge is 0.445 e. The summed E-state index contributed by atoms with van der Waals surface area (Å²) in [5.41, 5.74) is -0.573. The van der Waals surface area contributed by atoms with E-state index >= 15 is 0 Å². The lowest BCUT2D eigenvalue weighted by Crippen LogP contribution is -2.45. The molecule has 1 nitrogen and oxygen atoms in total. The van der Waals surface area contributed by atoms with Crippen LogP contribution in [0.1, 0.15) is 26.7 Å². The van der Waals surface area contributed by atoms with Crippen molar-refractivity contribution in [3.8, 4) is 0 Å². The van der Waals surface area contributed by atoms with Gasteiger partial charge in [-0.3, -0.25) is 4.90 Å². The standard InChI is InChI=1S/C10H18BF3N/c1-8-5-4-6-15(10(8)3)7-9(2)11(12,13)14/h8,10H,2,4-7H2,1,3H3/q-1. The first-order valence-electron chi connectivity index (χ1n) is 5.44. The summed E-state index contributed by atoms with van der Waals surface area (Å²) < 4.78 is 37.1. The van der Waals surface area contributed by atoms with Crippen LogP contribution in [0.15, 0.2) is 12.1 Å². The molecule has 0 N–H and O–H groups in total. The summed E-state index contributed by atoms with van der Waals surface area (Å²) in [4.78, 5) is 1.89. The Labute approximate surface area is 89.4 Å². The van der Waals surface area contributed by atoms with Crippen LogP contribution in [0.5, 0.6) is 0 Å². The van der Waals surface area contributed by atoms with Crippen LogP contribution in [-0.2, 0) is 0 Å². The highest BCUT2D eigenvalue weighted by Crippen LogP contribution is 2.26. The predicted octanol–water partition coefficient (Wildman–Crippen LogP) is 3.05. The number of piperidine rings is 1. The van der Waals surface area contributed by atoms with Crippen LogP contribution in [0.25, 0.3) is 0 Å². The molecule has 0 aromatic heterocycles. The highest BCUT2D eigenvalue weighted by molar-refractivity contribution is 6.66. The molecule has 0 amide bonds. The maximum Gasteiger partial charge on any atom is 0.506 e. The lowest BCUT2D eigenvalue weighted by molar-refractivity contribution is 0.125. The van der Waals surface area contributed by atoms with Gasteiger partial charge in [0.1, 0.15) is 0 Å². The summed E-state index contributed by atoms with van der Waals surface area (Å²) in [7, 11) is 0. The minimum Gasteiger partial charge on any atom is -0.445 e. The van der Waals surface area contributed by atoms with E-state index in [1.165, 1.54) is 0 Å². The van der Waals surface area contributed by atoms with E-state index in [2.05, 4.69) is 13.5 Å². The molecule has 0 aromatic rings. The van der Waals surface area contributed by atoms with E-state index in [0.717, 1.165) is 19.4 Å². The molecule has 1 fully saturated rings. The number of halogens is 3. The lowest BCUT2D eigenvalue weighted by atomic mass is 9.79.